The Morgan fingerprint density at radius 1 is 1.21 bits per heavy atom. The first-order chi connectivity index (χ1) is 9.13. The third-order valence-electron chi connectivity index (χ3n) is 2.47. The molecule has 0 spiro atoms. The molecule has 0 saturated heterocycles. The molecule has 3 nitrogen and oxygen atoms in total. The number of nitrogens with one attached hydrogen (secondary N) is 1. The van der Waals surface area contributed by atoms with E-state index in [9.17, 15) is 9.18 Å². The van der Waals surface area contributed by atoms with Crippen molar-refractivity contribution in [1.82, 2.24) is 0 Å². The summed E-state index contributed by atoms with van der Waals surface area (Å²) in [6, 6.07) is 13.1. The summed E-state index contributed by atoms with van der Waals surface area (Å²) >= 11 is 0. The smallest absolute Gasteiger partial charge is 0.262 e. The molecular formula is C15H14FNO2. The molecule has 0 aliphatic heterocycles. The maximum Gasteiger partial charge on any atom is 0.262 e. The van der Waals surface area contributed by atoms with E-state index in [1.54, 1.807) is 12.1 Å². The average Bonchev–Trinajstić information content (AvgIpc) is 2.36. The van der Waals surface area contributed by atoms with Gasteiger partial charge in [0, 0.05) is 5.69 Å². The minimum absolute atomic E-state index is 0.111. The average molecular weight is 259 g/mol. The Bertz CT molecular complexity index is 584. The summed E-state index contributed by atoms with van der Waals surface area (Å²) in [6.07, 6.45) is 0. The zero-order chi connectivity index (χ0) is 13.7. The van der Waals surface area contributed by atoms with Crippen LogP contribution in [0.3, 0.4) is 0 Å². The molecule has 4 heteroatoms. The summed E-state index contributed by atoms with van der Waals surface area (Å²) in [5.74, 6) is -0.0844. The van der Waals surface area contributed by atoms with Crippen molar-refractivity contribution in [2.75, 3.05) is 11.9 Å². The van der Waals surface area contributed by atoms with Gasteiger partial charge in [-0.15, -0.1) is 0 Å². The highest BCUT2D eigenvalue weighted by Gasteiger charge is 2.04. The minimum atomic E-state index is -0.391. The SMILES string of the molecule is Cc1cccc(OCC(=O)Nc2cccc(F)c2)c1. The standard InChI is InChI=1S/C15H14FNO2/c1-11-4-2-7-14(8-11)19-10-15(18)17-13-6-3-5-12(16)9-13/h2-9H,10H2,1H3,(H,17,18). The van der Waals surface area contributed by atoms with Gasteiger partial charge >= 0.3 is 0 Å². The van der Waals surface area contributed by atoms with Crippen LogP contribution in [0.1, 0.15) is 5.56 Å². The third-order valence-corrected chi connectivity index (χ3v) is 2.47. The Morgan fingerprint density at radius 2 is 2.00 bits per heavy atom. The lowest BCUT2D eigenvalue weighted by Gasteiger charge is -2.08. The normalized spacial score (nSPS) is 10.0. The number of carbonyl (C=O) groups excluding carboxylic acids is 1. The summed E-state index contributed by atoms with van der Waals surface area (Å²) in [7, 11) is 0. The van der Waals surface area contributed by atoms with E-state index in [1.165, 1.54) is 18.2 Å². The Kier molecular flexibility index (Phi) is 4.13. The van der Waals surface area contributed by atoms with Gasteiger partial charge in [0.15, 0.2) is 6.61 Å². The summed E-state index contributed by atoms with van der Waals surface area (Å²) < 4.78 is 18.3. The third kappa shape index (κ3) is 4.10. The molecule has 0 unspecified atom stereocenters. The zero-order valence-electron chi connectivity index (χ0n) is 10.5. The van der Waals surface area contributed by atoms with E-state index >= 15 is 0 Å². The van der Waals surface area contributed by atoms with Crippen molar-refractivity contribution in [3.05, 3.63) is 59.9 Å². The van der Waals surface area contributed by atoms with Crippen LogP contribution >= 0.6 is 0 Å². The lowest BCUT2D eigenvalue weighted by atomic mass is 10.2. The number of aryl methyl sites for hydroxylation is 1. The Balaban J connectivity index is 1.88. The molecule has 2 aromatic carbocycles. The Morgan fingerprint density at radius 3 is 2.74 bits per heavy atom. The number of benzene rings is 2. The van der Waals surface area contributed by atoms with E-state index in [4.69, 9.17) is 4.74 Å². The molecule has 0 saturated carbocycles. The number of hydrogen-bond acceptors (Lipinski definition) is 2. The van der Waals surface area contributed by atoms with E-state index in [1.807, 2.05) is 25.1 Å². The Hall–Kier alpha value is -2.36. The molecule has 0 fully saturated rings. The number of halogens is 1. The molecule has 2 rings (SSSR count). The number of amides is 1. The van der Waals surface area contributed by atoms with Crippen LogP contribution in [0.15, 0.2) is 48.5 Å². The number of rotatable bonds is 4. The van der Waals surface area contributed by atoms with Crippen molar-refractivity contribution in [2.45, 2.75) is 6.92 Å². The second-order valence-corrected chi connectivity index (χ2v) is 4.16. The van der Waals surface area contributed by atoms with Crippen LogP contribution in [0.4, 0.5) is 10.1 Å². The van der Waals surface area contributed by atoms with Gasteiger partial charge in [0.05, 0.1) is 0 Å². The van der Waals surface area contributed by atoms with E-state index in [0.29, 0.717) is 11.4 Å². The monoisotopic (exact) mass is 259 g/mol. The summed E-state index contributed by atoms with van der Waals surface area (Å²) in [5, 5.41) is 2.56. The van der Waals surface area contributed by atoms with Crippen LogP contribution in [0.2, 0.25) is 0 Å². The van der Waals surface area contributed by atoms with Crippen molar-refractivity contribution in [2.24, 2.45) is 0 Å². The van der Waals surface area contributed by atoms with Crippen molar-refractivity contribution in [1.29, 1.82) is 0 Å². The molecular weight excluding hydrogens is 245 g/mol. The zero-order valence-corrected chi connectivity index (χ0v) is 10.5. The van der Waals surface area contributed by atoms with E-state index in [2.05, 4.69) is 5.32 Å². The first kappa shape index (κ1) is 13.1. The predicted molar refractivity (Wildman–Crippen MR) is 71.7 cm³/mol. The first-order valence-electron chi connectivity index (χ1n) is 5.88. The molecule has 1 N–H and O–H groups in total. The molecule has 0 atom stereocenters. The maximum atomic E-state index is 12.9. The van der Waals surface area contributed by atoms with Crippen LogP contribution in [0.5, 0.6) is 5.75 Å². The molecule has 2 aromatic rings. The lowest BCUT2D eigenvalue weighted by Crippen LogP contribution is -2.20. The van der Waals surface area contributed by atoms with Crippen molar-refractivity contribution in [3.63, 3.8) is 0 Å². The molecule has 0 aliphatic carbocycles. The topological polar surface area (TPSA) is 38.3 Å². The quantitative estimate of drug-likeness (QED) is 0.916. The number of ether oxygens (including phenoxy) is 1. The molecule has 0 aliphatic rings. The molecule has 1 amide bonds. The fourth-order valence-corrected chi connectivity index (χ4v) is 1.62. The van der Waals surface area contributed by atoms with Crippen LogP contribution in [-0.4, -0.2) is 12.5 Å². The minimum Gasteiger partial charge on any atom is -0.484 e. The van der Waals surface area contributed by atoms with Gasteiger partial charge in [-0.05, 0) is 42.8 Å². The van der Waals surface area contributed by atoms with Crippen molar-refractivity contribution in [3.8, 4) is 5.75 Å². The molecule has 0 heterocycles. The van der Waals surface area contributed by atoms with Gasteiger partial charge in [0.1, 0.15) is 11.6 Å². The van der Waals surface area contributed by atoms with Crippen LogP contribution in [-0.2, 0) is 4.79 Å². The van der Waals surface area contributed by atoms with Gasteiger partial charge in [-0.3, -0.25) is 4.79 Å². The molecule has 0 aromatic heterocycles. The lowest BCUT2D eigenvalue weighted by molar-refractivity contribution is -0.118. The van der Waals surface area contributed by atoms with E-state index < -0.39 is 5.82 Å². The molecule has 0 radical (unpaired) electrons. The second kappa shape index (κ2) is 6.00. The van der Waals surface area contributed by atoms with Crippen molar-refractivity contribution < 1.29 is 13.9 Å². The van der Waals surface area contributed by atoms with Gasteiger partial charge in [0.2, 0.25) is 0 Å². The van der Waals surface area contributed by atoms with E-state index in [-0.39, 0.29) is 12.5 Å². The van der Waals surface area contributed by atoms with Gasteiger partial charge in [-0.1, -0.05) is 18.2 Å². The number of carbonyl (C=O) groups is 1. The summed E-state index contributed by atoms with van der Waals surface area (Å²) in [5.41, 5.74) is 1.47. The molecule has 98 valence electrons. The van der Waals surface area contributed by atoms with Crippen LogP contribution in [0, 0.1) is 12.7 Å². The predicted octanol–water partition coefficient (Wildman–Crippen LogP) is 3.15. The summed E-state index contributed by atoms with van der Waals surface area (Å²) in [4.78, 5) is 11.6. The maximum absolute atomic E-state index is 12.9. The molecule has 19 heavy (non-hydrogen) atoms. The summed E-state index contributed by atoms with van der Waals surface area (Å²) in [6.45, 7) is 1.83. The van der Waals surface area contributed by atoms with Gasteiger partial charge in [-0.25, -0.2) is 4.39 Å². The van der Waals surface area contributed by atoms with Crippen LogP contribution in [0.25, 0.3) is 0 Å². The van der Waals surface area contributed by atoms with Gasteiger partial charge in [-0.2, -0.15) is 0 Å². The highest BCUT2D eigenvalue weighted by Crippen LogP contribution is 2.13. The Labute approximate surface area is 111 Å². The second-order valence-electron chi connectivity index (χ2n) is 4.16. The fourth-order valence-electron chi connectivity index (χ4n) is 1.62. The largest absolute Gasteiger partial charge is 0.484 e. The van der Waals surface area contributed by atoms with Gasteiger partial charge in [0.25, 0.3) is 5.91 Å². The van der Waals surface area contributed by atoms with Crippen molar-refractivity contribution >= 4 is 11.6 Å². The van der Waals surface area contributed by atoms with Gasteiger partial charge < -0.3 is 10.1 Å². The number of hydrogen-bond donors (Lipinski definition) is 1. The highest BCUT2D eigenvalue weighted by molar-refractivity contribution is 5.91. The highest BCUT2D eigenvalue weighted by atomic mass is 19.1. The van der Waals surface area contributed by atoms with E-state index in [0.717, 1.165) is 5.56 Å². The first-order valence-corrected chi connectivity index (χ1v) is 5.88. The number of anilines is 1. The molecule has 0 bridgehead atoms. The van der Waals surface area contributed by atoms with Crippen LogP contribution < -0.4 is 10.1 Å². The fraction of sp³-hybridized carbons (Fsp3) is 0.133.